The van der Waals surface area contributed by atoms with Crippen LogP contribution in [0.15, 0.2) is 51.8 Å². The molecule has 0 saturated heterocycles. The summed E-state index contributed by atoms with van der Waals surface area (Å²) in [6.07, 6.45) is 0. The van der Waals surface area contributed by atoms with Crippen LogP contribution in [0.25, 0.3) is 0 Å². The van der Waals surface area contributed by atoms with Crippen LogP contribution in [0.1, 0.15) is 17.3 Å². The van der Waals surface area contributed by atoms with Gasteiger partial charge in [-0.15, -0.1) is 4.40 Å². The highest BCUT2D eigenvalue weighted by molar-refractivity contribution is 8.15. The lowest BCUT2D eigenvalue weighted by atomic mass is 10.1. The molecule has 0 aliphatic carbocycles. The first-order chi connectivity index (χ1) is 13.4. The van der Waals surface area contributed by atoms with E-state index in [1.807, 2.05) is 42.3 Å². The number of carbonyl (C=O) groups excluding carboxylic acids is 1. The number of nitrogens with zero attached hydrogens (tertiary/aromatic N) is 3. The van der Waals surface area contributed by atoms with Gasteiger partial charge in [-0.2, -0.15) is 0 Å². The third-order valence-corrected chi connectivity index (χ3v) is 7.06. The number of sulfonamides is 1. The summed E-state index contributed by atoms with van der Waals surface area (Å²) in [4.78, 5) is 17.5. The molecule has 2 aliphatic heterocycles. The minimum absolute atomic E-state index is 0.00127. The van der Waals surface area contributed by atoms with Crippen LogP contribution in [0, 0.1) is 0 Å². The van der Waals surface area contributed by atoms with Gasteiger partial charge in [0.15, 0.2) is 5.17 Å². The first kappa shape index (κ1) is 18.8. The van der Waals surface area contributed by atoms with Crippen molar-refractivity contribution in [2.45, 2.75) is 11.8 Å². The van der Waals surface area contributed by atoms with Gasteiger partial charge in [0.25, 0.3) is 15.9 Å². The lowest BCUT2D eigenvalue weighted by Gasteiger charge is -2.22. The van der Waals surface area contributed by atoms with Gasteiger partial charge < -0.3 is 15.1 Å². The summed E-state index contributed by atoms with van der Waals surface area (Å²) >= 11 is 1.28. The molecule has 0 fully saturated rings. The molecule has 7 nitrogen and oxygen atoms in total. The fraction of sp³-hybridized carbons (Fsp3) is 0.263. The molecule has 146 valence electrons. The molecule has 2 aliphatic rings. The normalized spacial score (nSPS) is 16.8. The molecule has 0 aromatic heterocycles. The first-order valence-electron chi connectivity index (χ1n) is 8.91. The van der Waals surface area contributed by atoms with Gasteiger partial charge in [0.2, 0.25) is 0 Å². The zero-order chi connectivity index (χ0) is 19.9. The van der Waals surface area contributed by atoms with Crippen molar-refractivity contribution in [1.82, 2.24) is 0 Å². The number of hydrogen-bond donors (Lipinski definition) is 1. The van der Waals surface area contributed by atoms with E-state index in [1.54, 1.807) is 12.1 Å². The SMILES string of the molecule is CCN(C)c1cccc(NC(=O)c2ccc3c(c2)SC2=NS(=O)(=O)CCN23)c1. The number of benzene rings is 2. The van der Waals surface area contributed by atoms with Gasteiger partial charge in [-0.1, -0.05) is 6.07 Å². The molecule has 0 radical (unpaired) electrons. The number of anilines is 3. The molecule has 1 amide bonds. The fourth-order valence-corrected chi connectivity index (χ4v) is 5.37. The van der Waals surface area contributed by atoms with Crippen molar-refractivity contribution in [2.75, 3.05) is 41.0 Å². The maximum Gasteiger partial charge on any atom is 0.257 e. The van der Waals surface area contributed by atoms with Crippen molar-refractivity contribution in [1.29, 1.82) is 0 Å². The Labute approximate surface area is 168 Å². The molecule has 0 bridgehead atoms. The Morgan fingerprint density at radius 2 is 2.11 bits per heavy atom. The monoisotopic (exact) mass is 416 g/mol. The lowest BCUT2D eigenvalue weighted by molar-refractivity contribution is 0.102. The summed E-state index contributed by atoms with van der Waals surface area (Å²) in [6.45, 7) is 3.32. The standard InChI is InChI=1S/C19H20N4O3S2/c1-3-22(2)15-6-4-5-14(12-15)20-18(24)13-7-8-16-17(11-13)27-19-21-28(25,26)10-9-23(16)19/h4-8,11-12H,3,9-10H2,1-2H3,(H,20,24). The van der Waals surface area contributed by atoms with Crippen LogP contribution in [0.4, 0.5) is 17.1 Å². The first-order valence-corrected chi connectivity index (χ1v) is 11.3. The molecule has 0 spiro atoms. The Morgan fingerprint density at radius 3 is 2.89 bits per heavy atom. The molecule has 0 unspecified atom stereocenters. The Hall–Kier alpha value is -2.52. The quantitative estimate of drug-likeness (QED) is 0.825. The summed E-state index contributed by atoms with van der Waals surface area (Å²) in [6, 6.07) is 13.1. The highest BCUT2D eigenvalue weighted by Crippen LogP contribution is 2.42. The Balaban J connectivity index is 1.55. The van der Waals surface area contributed by atoms with Gasteiger partial charge in [-0.3, -0.25) is 4.79 Å². The van der Waals surface area contributed by atoms with Crippen LogP contribution in [-0.4, -0.2) is 45.4 Å². The second kappa shape index (κ2) is 7.14. The van der Waals surface area contributed by atoms with Crippen LogP contribution < -0.4 is 15.1 Å². The fourth-order valence-electron chi connectivity index (χ4n) is 3.08. The van der Waals surface area contributed by atoms with Crippen molar-refractivity contribution < 1.29 is 13.2 Å². The topological polar surface area (TPSA) is 82.1 Å². The number of nitrogens with one attached hydrogen (secondary N) is 1. The summed E-state index contributed by atoms with van der Waals surface area (Å²) < 4.78 is 27.3. The minimum atomic E-state index is -3.39. The smallest absolute Gasteiger partial charge is 0.257 e. The molecule has 2 aromatic rings. The average Bonchev–Trinajstić information content (AvgIpc) is 3.02. The summed E-state index contributed by atoms with van der Waals surface area (Å²) in [5.41, 5.74) is 3.16. The Bertz CT molecular complexity index is 1080. The molecule has 1 N–H and O–H groups in total. The van der Waals surface area contributed by atoms with E-state index in [-0.39, 0.29) is 11.7 Å². The Kier molecular flexibility index (Phi) is 4.80. The average molecular weight is 417 g/mol. The summed E-state index contributed by atoms with van der Waals surface area (Å²) in [5, 5.41) is 3.38. The number of amidine groups is 1. The molecule has 2 aromatic carbocycles. The van der Waals surface area contributed by atoms with Crippen LogP contribution in [0.2, 0.25) is 0 Å². The van der Waals surface area contributed by atoms with Crippen LogP contribution in [0.3, 0.4) is 0 Å². The zero-order valence-electron chi connectivity index (χ0n) is 15.5. The van der Waals surface area contributed by atoms with Gasteiger partial charge in [-0.25, -0.2) is 8.42 Å². The van der Waals surface area contributed by atoms with E-state index >= 15 is 0 Å². The third kappa shape index (κ3) is 3.59. The molecular weight excluding hydrogens is 396 g/mol. The highest BCUT2D eigenvalue weighted by atomic mass is 32.2. The second-order valence-electron chi connectivity index (χ2n) is 6.61. The third-order valence-electron chi connectivity index (χ3n) is 4.75. The number of rotatable bonds is 4. The predicted octanol–water partition coefficient (Wildman–Crippen LogP) is 3.01. The zero-order valence-corrected chi connectivity index (χ0v) is 17.2. The summed E-state index contributed by atoms with van der Waals surface area (Å²) in [7, 11) is -1.40. The number of carbonyl (C=O) groups is 1. The van der Waals surface area contributed by atoms with Crippen molar-refractivity contribution in [3.05, 3.63) is 48.0 Å². The van der Waals surface area contributed by atoms with E-state index < -0.39 is 10.0 Å². The van der Waals surface area contributed by atoms with E-state index in [0.29, 0.717) is 17.3 Å². The van der Waals surface area contributed by atoms with E-state index in [2.05, 4.69) is 21.5 Å². The van der Waals surface area contributed by atoms with Crippen molar-refractivity contribution in [3.8, 4) is 0 Å². The maximum absolute atomic E-state index is 12.7. The van der Waals surface area contributed by atoms with Crippen LogP contribution in [-0.2, 0) is 10.0 Å². The number of hydrogen-bond acceptors (Lipinski definition) is 6. The van der Waals surface area contributed by atoms with Crippen molar-refractivity contribution in [2.24, 2.45) is 4.40 Å². The predicted molar refractivity (Wildman–Crippen MR) is 114 cm³/mol. The maximum atomic E-state index is 12.7. The largest absolute Gasteiger partial charge is 0.375 e. The van der Waals surface area contributed by atoms with Crippen LogP contribution >= 0.6 is 11.8 Å². The number of fused-ring (bicyclic) bond motifs is 3. The van der Waals surface area contributed by atoms with Gasteiger partial charge in [0.1, 0.15) is 0 Å². The van der Waals surface area contributed by atoms with Crippen LogP contribution in [0.5, 0.6) is 0 Å². The molecule has 0 atom stereocenters. The highest BCUT2D eigenvalue weighted by Gasteiger charge is 2.33. The van der Waals surface area contributed by atoms with E-state index in [1.165, 1.54) is 11.8 Å². The second-order valence-corrected chi connectivity index (χ2v) is 9.38. The number of amides is 1. The lowest BCUT2D eigenvalue weighted by Crippen LogP contribution is -2.35. The van der Waals surface area contributed by atoms with E-state index in [4.69, 9.17) is 0 Å². The minimum Gasteiger partial charge on any atom is -0.375 e. The van der Waals surface area contributed by atoms with Gasteiger partial charge in [-0.05, 0) is 55.1 Å². The summed E-state index contributed by atoms with van der Waals surface area (Å²) in [5.74, 6) is -0.208. The van der Waals surface area contributed by atoms with Gasteiger partial charge in [0.05, 0.1) is 11.4 Å². The number of thioether (sulfide) groups is 1. The van der Waals surface area contributed by atoms with E-state index in [0.717, 1.165) is 28.5 Å². The molecule has 28 heavy (non-hydrogen) atoms. The molecule has 0 saturated carbocycles. The van der Waals surface area contributed by atoms with Gasteiger partial charge >= 0.3 is 0 Å². The van der Waals surface area contributed by atoms with E-state index in [9.17, 15) is 13.2 Å². The molecular formula is C19H20N4O3S2. The van der Waals surface area contributed by atoms with Crippen molar-refractivity contribution in [3.63, 3.8) is 0 Å². The Morgan fingerprint density at radius 1 is 1.29 bits per heavy atom. The molecule has 2 heterocycles. The molecule has 4 rings (SSSR count). The van der Waals surface area contributed by atoms with Crippen molar-refractivity contribution >= 4 is 49.9 Å². The molecule has 9 heteroatoms. The van der Waals surface area contributed by atoms with Gasteiger partial charge in [0, 0.05) is 42.0 Å².